The van der Waals surface area contributed by atoms with Crippen molar-refractivity contribution in [1.29, 1.82) is 0 Å². The average molecular weight is 483 g/mol. The molecule has 0 radical (unpaired) electrons. The maximum absolute atomic E-state index is 13.6. The third kappa shape index (κ3) is 4.30. The number of nitrogens with one attached hydrogen (secondary N) is 1. The lowest BCUT2D eigenvalue weighted by Gasteiger charge is -2.26. The number of hydrogen-bond donors (Lipinski definition) is 1. The molecule has 3 aromatic rings. The van der Waals surface area contributed by atoms with E-state index >= 15 is 0 Å². The number of halogens is 3. The van der Waals surface area contributed by atoms with Gasteiger partial charge in [0.15, 0.2) is 0 Å². The number of methoxy groups -OCH3 is 1. The van der Waals surface area contributed by atoms with Crippen molar-refractivity contribution in [2.45, 2.75) is 20.0 Å². The minimum atomic E-state index is -4.57. The molecule has 0 spiro atoms. The van der Waals surface area contributed by atoms with E-state index in [1.807, 2.05) is 0 Å². The lowest BCUT2D eigenvalue weighted by atomic mass is 10.1. The van der Waals surface area contributed by atoms with Gasteiger partial charge in [0.05, 0.1) is 24.0 Å². The predicted octanol–water partition coefficient (Wildman–Crippen LogP) is 4.79. The van der Waals surface area contributed by atoms with Crippen LogP contribution < -0.4 is 15.0 Å². The van der Waals surface area contributed by atoms with Gasteiger partial charge in [-0.3, -0.25) is 14.9 Å². The molecule has 35 heavy (non-hydrogen) atoms. The molecule has 1 N–H and O–H groups in total. The Morgan fingerprint density at radius 3 is 2.26 bits per heavy atom. The summed E-state index contributed by atoms with van der Waals surface area (Å²) in [6, 6.07) is 11.9. The van der Waals surface area contributed by atoms with Crippen molar-refractivity contribution in [2.24, 2.45) is 0 Å². The highest BCUT2D eigenvalue weighted by Gasteiger charge is 2.37. The van der Waals surface area contributed by atoms with E-state index in [0.29, 0.717) is 22.7 Å². The highest BCUT2D eigenvalue weighted by atomic mass is 19.4. The Labute approximate surface area is 198 Å². The second-order valence-corrected chi connectivity index (χ2v) is 7.83. The van der Waals surface area contributed by atoms with Crippen LogP contribution in [-0.2, 0) is 15.8 Å². The molecule has 0 atom stereocenters. The number of hydrogen-bond acceptors (Lipinski definition) is 4. The zero-order chi connectivity index (χ0) is 25.5. The van der Waals surface area contributed by atoms with Gasteiger partial charge in [0.25, 0.3) is 11.8 Å². The maximum Gasteiger partial charge on any atom is 0.418 e. The van der Waals surface area contributed by atoms with Crippen molar-refractivity contribution < 1.29 is 32.3 Å². The van der Waals surface area contributed by atoms with Gasteiger partial charge in [-0.2, -0.15) is 13.2 Å². The normalized spacial score (nSPS) is 15.5. The summed E-state index contributed by atoms with van der Waals surface area (Å²) in [6.07, 6.45) is -3.30. The highest BCUT2D eigenvalue weighted by Crippen LogP contribution is 2.36. The van der Waals surface area contributed by atoms with Gasteiger partial charge in [0, 0.05) is 11.4 Å². The molecule has 1 aliphatic heterocycles. The fraction of sp³-hybridized carbons (Fsp3) is 0.160. The molecule has 0 unspecified atom stereocenters. The van der Waals surface area contributed by atoms with E-state index in [0.717, 1.165) is 11.0 Å². The molecule has 180 valence electrons. The standard InChI is InChI=1S/C25H20F3N3O4/c1-14-12-16(15(2)30(14)21-7-5-4-6-20(21)25(26,27)28)13-19-22(32)29-24(34)31(23(19)33)17-8-10-18(35-3)11-9-17/h4-13H,1-3H3,(H,29,32,34)/b19-13+. The smallest absolute Gasteiger partial charge is 0.418 e. The van der Waals surface area contributed by atoms with Gasteiger partial charge in [-0.05, 0) is 68.0 Å². The van der Waals surface area contributed by atoms with Crippen molar-refractivity contribution in [3.63, 3.8) is 0 Å². The number of barbiturate groups is 1. The third-order valence-electron chi connectivity index (χ3n) is 5.65. The van der Waals surface area contributed by atoms with Crippen LogP contribution in [0.3, 0.4) is 0 Å². The Morgan fingerprint density at radius 1 is 0.971 bits per heavy atom. The van der Waals surface area contributed by atoms with Crippen LogP contribution in [0.1, 0.15) is 22.5 Å². The maximum atomic E-state index is 13.6. The summed E-state index contributed by atoms with van der Waals surface area (Å²) in [5.74, 6) is -1.24. The fourth-order valence-corrected chi connectivity index (χ4v) is 3.99. The monoisotopic (exact) mass is 483 g/mol. The fourth-order valence-electron chi connectivity index (χ4n) is 3.99. The van der Waals surface area contributed by atoms with Gasteiger partial charge in [-0.1, -0.05) is 12.1 Å². The molecule has 1 fully saturated rings. The van der Waals surface area contributed by atoms with Crippen LogP contribution >= 0.6 is 0 Å². The summed E-state index contributed by atoms with van der Waals surface area (Å²) in [4.78, 5) is 38.9. The van der Waals surface area contributed by atoms with E-state index in [-0.39, 0.29) is 16.9 Å². The highest BCUT2D eigenvalue weighted by molar-refractivity contribution is 6.39. The van der Waals surface area contributed by atoms with E-state index in [2.05, 4.69) is 5.32 Å². The first kappa shape index (κ1) is 23.8. The van der Waals surface area contributed by atoms with Gasteiger partial charge in [0.1, 0.15) is 11.3 Å². The molecule has 7 nitrogen and oxygen atoms in total. The Bertz CT molecular complexity index is 1370. The zero-order valence-electron chi connectivity index (χ0n) is 18.9. The van der Waals surface area contributed by atoms with E-state index in [1.165, 1.54) is 48.1 Å². The van der Waals surface area contributed by atoms with E-state index < -0.39 is 29.6 Å². The summed E-state index contributed by atoms with van der Waals surface area (Å²) < 4.78 is 47.3. The molecule has 0 saturated carbocycles. The van der Waals surface area contributed by atoms with E-state index in [1.54, 1.807) is 32.0 Å². The van der Waals surface area contributed by atoms with Crippen molar-refractivity contribution in [1.82, 2.24) is 9.88 Å². The Morgan fingerprint density at radius 2 is 1.63 bits per heavy atom. The molecule has 4 amide bonds. The SMILES string of the molecule is COc1ccc(N2C(=O)NC(=O)/C(=C\c3cc(C)n(-c4ccccc4C(F)(F)F)c3C)C2=O)cc1. The van der Waals surface area contributed by atoms with Crippen LogP contribution in [0.5, 0.6) is 5.75 Å². The quantitative estimate of drug-likeness (QED) is 0.428. The average Bonchev–Trinajstić information content (AvgIpc) is 3.09. The van der Waals surface area contributed by atoms with Crippen LogP contribution in [0, 0.1) is 13.8 Å². The minimum Gasteiger partial charge on any atom is -0.497 e. The predicted molar refractivity (Wildman–Crippen MR) is 122 cm³/mol. The summed E-state index contributed by atoms with van der Waals surface area (Å²) in [7, 11) is 1.47. The second kappa shape index (κ2) is 8.79. The van der Waals surface area contributed by atoms with Crippen LogP contribution in [0.4, 0.5) is 23.7 Å². The molecular formula is C25H20F3N3O4. The summed E-state index contributed by atoms with van der Waals surface area (Å²) in [5.41, 5.74) is 0.221. The van der Waals surface area contributed by atoms with Gasteiger partial charge < -0.3 is 9.30 Å². The number of amides is 4. The number of aryl methyl sites for hydroxylation is 1. The van der Waals surface area contributed by atoms with Gasteiger partial charge in [0.2, 0.25) is 0 Å². The van der Waals surface area contributed by atoms with Crippen LogP contribution in [0.15, 0.2) is 60.2 Å². The summed E-state index contributed by atoms with van der Waals surface area (Å²) in [5, 5.41) is 2.13. The number of carbonyl (C=O) groups excluding carboxylic acids is 3. The summed E-state index contributed by atoms with van der Waals surface area (Å²) >= 11 is 0. The molecule has 1 aliphatic rings. The Hall–Kier alpha value is -4.34. The minimum absolute atomic E-state index is 0.0749. The molecule has 0 bridgehead atoms. The van der Waals surface area contributed by atoms with Gasteiger partial charge in [-0.15, -0.1) is 0 Å². The van der Waals surface area contributed by atoms with Gasteiger partial charge >= 0.3 is 12.2 Å². The zero-order valence-corrected chi connectivity index (χ0v) is 18.9. The van der Waals surface area contributed by atoms with Crippen molar-refractivity contribution in [3.05, 3.63) is 82.7 Å². The van der Waals surface area contributed by atoms with Crippen LogP contribution in [0.25, 0.3) is 11.8 Å². The lowest BCUT2D eigenvalue weighted by Crippen LogP contribution is -2.54. The van der Waals surface area contributed by atoms with Crippen molar-refractivity contribution in [3.8, 4) is 11.4 Å². The first-order valence-corrected chi connectivity index (χ1v) is 10.4. The molecule has 4 rings (SSSR count). The number of alkyl halides is 3. The topological polar surface area (TPSA) is 80.6 Å². The molecule has 1 aromatic heterocycles. The number of imide groups is 2. The first-order chi connectivity index (χ1) is 16.5. The number of benzene rings is 2. The number of urea groups is 1. The largest absolute Gasteiger partial charge is 0.497 e. The van der Waals surface area contributed by atoms with Gasteiger partial charge in [-0.25, -0.2) is 9.69 Å². The second-order valence-electron chi connectivity index (χ2n) is 7.83. The molecule has 1 saturated heterocycles. The Balaban J connectivity index is 1.78. The molecule has 0 aliphatic carbocycles. The molecule has 10 heteroatoms. The number of nitrogens with zero attached hydrogens (tertiary/aromatic N) is 2. The number of anilines is 1. The molecular weight excluding hydrogens is 463 g/mol. The number of para-hydroxylation sites is 1. The van der Waals surface area contributed by atoms with E-state index in [4.69, 9.17) is 4.74 Å². The Kier molecular flexibility index (Phi) is 5.98. The van der Waals surface area contributed by atoms with Crippen molar-refractivity contribution in [2.75, 3.05) is 12.0 Å². The van der Waals surface area contributed by atoms with Crippen molar-refractivity contribution >= 4 is 29.6 Å². The number of ether oxygens (including phenoxy) is 1. The first-order valence-electron chi connectivity index (χ1n) is 10.4. The van der Waals surface area contributed by atoms with Crippen LogP contribution in [0.2, 0.25) is 0 Å². The number of rotatable bonds is 4. The lowest BCUT2D eigenvalue weighted by molar-refractivity contribution is -0.137. The summed E-state index contributed by atoms with van der Waals surface area (Å²) in [6.45, 7) is 3.21. The van der Waals surface area contributed by atoms with Crippen LogP contribution in [-0.4, -0.2) is 29.5 Å². The molecule has 2 aromatic carbocycles. The third-order valence-corrected chi connectivity index (χ3v) is 5.65. The number of carbonyl (C=O) groups is 3. The number of aromatic nitrogens is 1. The molecule has 2 heterocycles. The van der Waals surface area contributed by atoms with E-state index in [9.17, 15) is 27.6 Å².